The van der Waals surface area contributed by atoms with E-state index in [0.29, 0.717) is 38.5 Å². The highest BCUT2D eigenvalue weighted by Crippen LogP contribution is 2.11. The highest BCUT2D eigenvalue weighted by atomic mass is 32.2. The molecule has 1 aromatic heterocycles. The summed E-state index contributed by atoms with van der Waals surface area (Å²) in [5, 5.41) is 5.93. The van der Waals surface area contributed by atoms with E-state index in [1.807, 2.05) is 0 Å². The van der Waals surface area contributed by atoms with Crippen LogP contribution in [0.2, 0.25) is 0 Å². The lowest BCUT2D eigenvalue weighted by Crippen LogP contribution is -2.40. The molecular weight excluding hydrogens is 272 g/mol. The SMILES string of the molecule is O=C(CCSc1n[nH]c(=O)[nH]c1=O)N1CCOCC1. The van der Waals surface area contributed by atoms with Gasteiger partial charge in [-0.15, -0.1) is 0 Å². The Morgan fingerprint density at radius 2 is 2.11 bits per heavy atom. The molecule has 19 heavy (non-hydrogen) atoms. The first-order valence-electron chi connectivity index (χ1n) is 5.84. The molecule has 0 spiro atoms. The van der Waals surface area contributed by atoms with Crippen LogP contribution in [0.15, 0.2) is 14.6 Å². The third kappa shape index (κ3) is 3.93. The van der Waals surface area contributed by atoms with Crippen molar-refractivity contribution in [3.8, 4) is 0 Å². The molecule has 0 bridgehead atoms. The fraction of sp³-hybridized carbons (Fsp3) is 0.600. The summed E-state index contributed by atoms with van der Waals surface area (Å²) < 4.78 is 5.16. The van der Waals surface area contributed by atoms with Crippen LogP contribution >= 0.6 is 11.8 Å². The number of aromatic amines is 2. The van der Waals surface area contributed by atoms with Crippen molar-refractivity contribution in [3.05, 3.63) is 20.8 Å². The first-order chi connectivity index (χ1) is 9.16. The van der Waals surface area contributed by atoms with Gasteiger partial charge in [0.25, 0.3) is 5.56 Å². The van der Waals surface area contributed by atoms with Crippen LogP contribution in [-0.4, -0.2) is 58.0 Å². The number of H-pyrrole nitrogens is 2. The van der Waals surface area contributed by atoms with Gasteiger partial charge in [0.2, 0.25) is 5.91 Å². The largest absolute Gasteiger partial charge is 0.378 e. The standard InChI is InChI=1S/C10H14N4O4S/c15-7(14-2-4-18-5-3-14)1-6-19-9-8(16)11-10(17)13-12-9/h1-6H2,(H2,11,13,16,17). The van der Waals surface area contributed by atoms with E-state index in [1.54, 1.807) is 4.90 Å². The van der Waals surface area contributed by atoms with Crippen molar-refractivity contribution in [2.24, 2.45) is 0 Å². The lowest BCUT2D eigenvalue weighted by molar-refractivity contribution is -0.134. The van der Waals surface area contributed by atoms with Gasteiger partial charge in [-0.2, -0.15) is 5.10 Å². The molecule has 9 heteroatoms. The van der Waals surface area contributed by atoms with Crippen LogP contribution in [0, 0.1) is 0 Å². The number of carbonyl (C=O) groups is 1. The van der Waals surface area contributed by atoms with Crippen LogP contribution in [0.4, 0.5) is 0 Å². The van der Waals surface area contributed by atoms with Crippen molar-refractivity contribution in [3.63, 3.8) is 0 Å². The molecule has 0 radical (unpaired) electrons. The van der Waals surface area contributed by atoms with Gasteiger partial charge in [0, 0.05) is 25.3 Å². The number of amides is 1. The number of rotatable bonds is 4. The summed E-state index contributed by atoms with van der Waals surface area (Å²) in [5.74, 6) is 0.481. The van der Waals surface area contributed by atoms with Crippen LogP contribution in [0.3, 0.4) is 0 Å². The molecule has 2 N–H and O–H groups in total. The predicted octanol–water partition coefficient (Wildman–Crippen LogP) is -1.20. The number of nitrogens with one attached hydrogen (secondary N) is 2. The average Bonchev–Trinajstić information content (AvgIpc) is 2.42. The molecule has 1 saturated heterocycles. The predicted molar refractivity (Wildman–Crippen MR) is 68.2 cm³/mol. The van der Waals surface area contributed by atoms with Crippen molar-refractivity contribution in [2.75, 3.05) is 32.1 Å². The van der Waals surface area contributed by atoms with E-state index in [4.69, 9.17) is 4.74 Å². The Labute approximate surface area is 112 Å². The first-order valence-corrected chi connectivity index (χ1v) is 6.82. The number of nitrogens with zero attached hydrogens (tertiary/aromatic N) is 2. The van der Waals surface area contributed by atoms with Gasteiger partial charge < -0.3 is 9.64 Å². The minimum atomic E-state index is -0.640. The minimum Gasteiger partial charge on any atom is -0.378 e. The Kier molecular flexibility index (Phi) is 4.74. The number of aromatic nitrogens is 3. The minimum absolute atomic E-state index is 0.0386. The van der Waals surface area contributed by atoms with Crippen molar-refractivity contribution < 1.29 is 9.53 Å². The summed E-state index contributed by atoms with van der Waals surface area (Å²) in [7, 11) is 0. The summed E-state index contributed by atoms with van der Waals surface area (Å²) in [6, 6.07) is 0. The zero-order valence-corrected chi connectivity index (χ0v) is 11.0. The molecule has 1 aliphatic rings. The number of ether oxygens (including phenoxy) is 1. The Morgan fingerprint density at radius 1 is 1.37 bits per heavy atom. The Bertz CT molecular complexity index is 549. The lowest BCUT2D eigenvalue weighted by Gasteiger charge is -2.26. The Hall–Kier alpha value is -1.61. The highest BCUT2D eigenvalue weighted by Gasteiger charge is 2.16. The summed E-state index contributed by atoms with van der Waals surface area (Å²) in [4.78, 5) is 37.8. The Balaban J connectivity index is 1.81. The zero-order chi connectivity index (χ0) is 13.7. The molecule has 2 rings (SSSR count). The molecular formula is C10H14N4O4S. The quantitative estimate of drug-likeness (QED) is 0.673. The van der Waals surface area contributed by atoms with Crippen LogP contribution in [0.5, 0.6) is 0 Å². The van der Waals surface area contributed by atoms with E-state index in [2.05, 4.69) is 15.2 Å². The normalized spacial score (nSPS) is 15.5. The molecule has 0 saturated carbocycles. The lowest BCUT2D eigenvalue weighted by atomic mass is 10.3. The van der Waals surface area contributed by atoms with E-state index in [-0.39, 0.29) is 10.9 Å². The molecule has 0 atom stereocenters. The van der Waals surface area contributed by atoms with Gasteiger partial charge in [-0.1, -0.05) is 11.8 Å². The van der Waals surface area contributed by atoms with Crippen LogP contribution < -0.4 is 11.2 Å². The van der Waals surface area contributed by atoms with Crippen molar-refractivity contribution >= 4 is 17.7 Å². The number of hydrogen-bond donors (Lipinski definition) is 2. The topological polar surface area (TPSA) is 108 Å². The molecule has 1 aliphatic heterocycles. The molecule has 0 aliphatic carbocycles. The van der Waals surface area contributed by atoms with E-state index in [0.717, 1.165) is 11.8 Å². The van der Waals surface area contributed by atoms with Crippen molar-refractivity contribution in [2.45, 2.75) is 11.4 Å². The van der Waals surface area contributed by atoms with E-state index in [1.165, 1.54) is 0 Å². The maximum absolute atomic E-state index is 11.8. The van der Waals surface area contributed by atoms with Gasteiger partial charge in [0.15, 0.2) is 5.03 Å². The number of thioether (sulfide) groups is 1. The summed E-state index contributed by atoms with van der Waals surface area (Å²) in [5.41, 5.74) is -1.17. The molecule has 1 fully saturated rings. The first kappa shape index (κ1) is 13.8. The van der Waals surface area contributed by atoms with Gasteiger partial charge in [0.05, 0.1) is 13.2 Å². The highest BCUT2D eigenvalue weighted by molar-refractivity contribution is 7.99. The van der Waals surface area contributed by atoms with E-state index in [9.17, 15) is 14.4 Å². The van der Waals surface area contributed by atoms with E-state index >= 15 is 0 Å². The van der Waals surface area contributed by atoms with Crippen molar-refractivity contribution in [1.82, 2.24) is 20.1 Å². The number of morpholine rings is 1. The van der Waals surface area contributed by atoms with Crippen LogP contribution in [0.1, 0.15) is 6.42 Å². The van der Waals surface area contributed by atoms with Gasteiger partial charge >= 0.3 is 5.69 Å². The second-order valence-electron chi connectivity index (χ2n) is 3.90. The van der Waals surface area contributed by atoms with Crippen LogP contribution in [-0.2, 0) is 9.53 Å². The van der Waals surface area contributed by atoms with Gasteiger partial charge in [-0.05, 0) is 0 Å². The summed E-state index contributed by atoms with van der Waals surface area (Å²) in [6.45, 7) is 2.36. The maximum Gasteiger partial charge on any atom is 0.342 e. The number of hydrogen-bond acceptors (Lipinski definition) is 6. The third-order valence-corrected chi connectivity index (χ3v) is 3.56. The maximum atomic E-state index is 11.8. The molecule has 104 valence electrons. The Morgan fingerprint density at radius 3 is 2.79 bits per heavy atom. The zero-order valence-electron chi connectivity index (χ0n) is 10.2. The van der Waals surface area contributed by atoms with Gasteiger partial charge in [-0.25, -0.2) is 9.89 Å². The van der Waals surface area contributed by atoms with Crippen molar-refractivity contribution in [1.29, 1.82) is 0 Å². The smallest absolute Gasteiger partial charge is 0.342 e. The fourth-order valence-corrected chi connectivity index (χ4v) is 2.40. The van der Waals surface area contributed by atoms with Gasteiger partial charge in [-0.3, -0.25) is 14.6 Å². The molecule has 1 aromatic rings. The van der Waals surface area contributed by atoms with Crippen LogP contribution in [0.25, 0.3) is 0 Å². The molecule has 1 amide bonds. The monoisotopic (exact) mass is 286 g/mol. The van der Waals surface area contributed by atoms with Gasteiger partial charge in [0.1, 0.15) is 0 Å². The summed E-state index contributed by atoms with van der Waals surface area (Å²) in [6.07, 6.45) is 0.324. The fourth-order valence-electron chi connectivity index (χ4n) is 1.64. The molecule has 2 heterocycles. The second kappa shape index (κ2) is 6.53. The summed E-state index contributed by atoms with van der Waals surface area (Å²) >= 11 is 1.14. The number of carbonyl (C=O) groups excluding carboxylic acids is 1. The molecule has 8 nitrogen and oxygen atoms in total. The third-order valence-electron chi connectivity index (χ3n) is 2.60. The second-order valence-corrected chi connectivity index (χ2v) is 4.99. The average molecular weight is 286 g/mol. The molecule has 0 unspecified atom stereocenters. The molecule has 0 aromatic carbocycles. The van der Waals surface area contributed by atoms with E-state index < -0.39 is 11.2 Å².